The molecular formula is C31H39NO10. The number of piperidine rings is 1. The summed E-state index contributed by atoms with van der Waals surface area (Å²) < 4.78 is 27.8. The zero-order valence-electron chi connectivity index (χ0n) is 25.1. The predicted octanol–water partition coefficient (Wildman–Crippen LogP) is 2.41. The molecular weight excluding hydrogens is 546 g/mol. The van der Waals surface area contributed by atoms with Gasteiger partial charge in [-0.25, -0.2) is 9.59 Å². The summed E-state index contributed by atoms with van der Waals surface area (Å²) in [6, 6.07) is 3.97. The number of aliphatic hydroxyl groups is 1. The number of likely N-dealkylation sites (N-methyl/N-ethyl adjacent to an activating group) is 1. The molecule has 11 heteroatoms. The zero-order valence-corrected chi connectivity index (χ0v) is 25.1. The lowest BCUT2D eigenvalue weighted by Crippen LogP contribution is -2.74. The third kappa shape index (κ3) is 4.86. The van der Waals surface area contributed by atoms with E-state index in [1.165, 1.54) is 6.92 Å². The highest BCUT2D eigenvalue weighted by atomic mass is 16.6. The van der Waals surface area contributed by atoms with Crippen LogP contribution in [0.2, 0.25) is 0 Å². The number of hydrogen-bond donors (Lipinski definition) is 1. The van der Waals surface area contributed by atoms with Crippen molar-refractivity contribution in [2.45, 2.75) is 108 Å². The number of carbonyl (C=O) groups excluding carboxylic acids is 4. The summed E-state index contributed by atoms with van der Waals surface area (Å²) in [4.78, 5) is 52.2. The third-order valence-corrected chi connectivity index (χ3v) is 8.76. The monoisotopic (exact) mass is 585 g/mol. The van der Waals surface area contributed by atoms with E-state index in [9.17, 15) is 24.3 Å². The number of esters is 4. The van der Waals surface area contributed by atoms with E-state index in [4.69, 9.17) is 23.7 Å². The average molecular weight is 586 g/mol. The van der Waals surface area contributed by atoms with Gasteiger partial charge in [-0.05, 0) is 78.3 Å². The number of nitrogens with zero attached hydrogens (tertiary/aromatic N) is 1. The van der Waals surface area contributed by atoms with Crippen LogP contribution in [0.25, 0.3) is 0 Å². The fraction of sp³-hybridized carbons (Fsp3) is 0.613. The van der Waals surface area contributed by atoms with Crippen LogP contribution < -0.4 is 4.74 Å². The molecule has 11 nitrogen and oxygen atoms in total. The first-order valence-electron chi connectivity index (χ1n) is 14.3. The normalized spacial score (nSPS) is 28.8. The lowest BCUT2D eigenvalue weighted by Gasteiger charge is -2.61. The molecule has 2 bridgehead atoms. The Balaban J connectivity index is 1.34. The molecule has 4 aliphatic rings. The maximum Gasteiger partial charge on any atom is 0.352 e. The standard InChI is InChI=1S/C31H39NO10/c1-16-8-9-19-14-22-31(37)11-10-20(26-30(31,12-13-32(22)7)24(19)25(16)41-26)40-27(35)17(2)38-28(36)21(39-18(3)33)15-23(34)42-29(4,5)6/h8-10,17,21-22,26,37H,11-15H2,1-7H3/t17-,21-,22+,26-,30-,31+/m0/s1. The largest absolute Gasteiger partial charge is 0.481 e. The maximum atomic E-state index is 13.2. The Labute approximate surface area is 245 Å². The molecule has 2 aliphatic carbocycles. The highest BCUT2D eigenvalue weighted by molar-refractivity contribution is 5.86. The highest BCUT2D eigenvalue weighted by Gasteiger charge is 2.71. The third-order valence-electron chi connectivity index (χ3n) is 8.76. The molecule has 0 amide bonds. The Morgan fingerprint density at radius 2 is 1.88 bits per heavy atom. The summed E-state index contributed by atoms with van der Waals surface area (Å²) in [6.07, 6.45) is -1.05. The molecule has 0 radical (unpaired) electrons. The molecule has 0 aromatic heterocycles. The molecule has 42 heavy (non-hydrogen) atoms. The molecule has 1 N–H and O–H groups in total. The lowest BCUT2D eigenvalue weighted by molar-refractivity contribution is -0.182. The highest BCUT2D eigenvalue weighted by Crippen LogP contribution is 2.64. The van der Waals surface area contributed by atoms with Gasteiger partial charge in [0.05, 0.1) is 17.4 Å². The van der Waals surface area contributed by atoms with E-state index in [2.05, 4.69) is 11.0 Å². The van der Waals surface area contributed by atoms with Gasteiger partial charge in [-0.2, -0.15) is 0 Å². The number of likely N-dealkylation sites (tertiary alicyclic amines) is 1. The lowest BCUT2D eigenvalue weighted by atomic mass is 9.50. The minimum Gasteiger partial charge on any atom is -0.481 e. The van der Waals surface area contributed by atoms with E-state index in [1.54, 1.807) is 26.8 Å². The van der Waals surface area contributed by atoms with Gasteiger partial charge in [0, 0.05) is 24.9 Å². The number of carbonyl (C=O) groups is 4. The number of aryl methyl sites for hydroxylation is 1. The summed E-state index contributed by atoms with van der Waals surface area (Å²) in [5.41, 5.74) is 0.321. The quantitative estimate of drug-likeness (QED) is 0.373. The van der Waals surface area contributed by atoms with Crippen LogP contribution in [0.3, 0.4) is 0 Å². The van der Waals surface area contributed by atoms with E-state index >= 15 is 0 Å². The molecule has 0 saturated carbocycles. The van der Waals surface area contributed by atoms with Crippen molar-refractivity contribution in [2.75, 3.05) is 13.6 Å². The van der Waals surface area contributed by atoms with Crippen molar-refractivity contribution >= 4 is 23.9 Å². The molecule has 6 atom stereocenters. The van der Waals surface area contributed by atoms with Crippen LogP contribution in [-0.2, 0) is 50.0 Å². The minimum atomic E-state index is -1.59. The van der Waals surface area contributed by atoms with Crippen LogP contribution in [0.5, 0.6) is 5.75 Å². The fourth-order valence-electron chi connectivity index (χ4n) is 6.99. The Kier molecular flexibility index (Phi) is 7.42. The number of benzene rings is 1. The van der Waals surface area contributed by atoms with Gasteiger partial charge in [-0.1, -0.05) is 12.1 Å². The molecule has 0 unspecified atom stereocenters. The predicted molar refractivity (Wildman–Crippen MR) is 147 cm³/mol. The topological polar surface area (TPSA) is 138 Å². The Morgan fingerprint density at radius 3 is 2.55 bits per heavy atom. The number of rotatable bonds is 7. The Hall–Kier alpha value is -3.44. The van der Waals surface area contributed by atoms with Crippen molar-refractivity contribution in [1.29, 1.82) is 0 Å². The molecule has 1 aromatic rings. The van der Waals surface area contributed by atoms with Crippen molar-refractivity contribution in [3.05, 3.63) is 40.7 Å². The van der Waals surface area contributed by atoms with E-state index in [0.717, 1.165) is 30.2 Å². The second-order valence-electron chi connectivity index (χ2n) is 12.8. The van der Waals surface area contributed by atoms with E-state index in [1.807, 2.05) is 20.0 Å². The van der Waals surface area contributed by atoms with Crippen molar-refractivity contribution in [3.8, 4) is 5.75 Å². The summed E-state index contributed by atoms with van der Waals surface area (Å²) in [5.74, 6) is -2.55. The molecule has 5 rings (SSSR count). The van der Waals surface area contributed by atoms with Crippen LogP contribution in [0, 0.1) is 6.92 Å². The van der Waals surface area contributed by atoms with E-state index < -0.39 is 65.2 Å². The summed E-state index contributed by atoms with van der Waals surface area (Å²) >= 11 is 0. The summed E-state index contributed by atoms with van der Waals surface area (Å²) in [7, 11) is 2.02. The van der Waals surface area contributed by atoms with Crippen LogP contribution >= 0.6 is 0 Å². The molecule has 2 aliphatic heterocycles. The van der Waals surface area contributed by atoms with Crippen molar-refractivity contribution in [2.24, 2.45) is 0 Å². The van der Waals surface area contributed by atoms with Crippen LogP contribution in [0.4, 0.5) is 0 Å². The molecule has 1 spiro atoms. The second kappa shape index (κ2) is 10.4. The first-order valence-corrected chi connectivity index (χ1v) is 14.3. The molecule has 2 heterocycles. The number of hydrogen-bond acceptors (Lipinski definition) is 11. The summed E-state index contributed by atoms with van der Waals surface area (Å²) in [5, 5.41) is 12.3. The first-order chi connectivity index (χ1) is 19.6. The SMILES string of the molecule is CC(=O)O[C@@H](CC(=O)OC(C)(C)C)C(=O)O[C@@H](C)C(=O)OC1=CC[C@@]2(O)[C@H]3Cc4ccc(C)c5c4[C@@]2(CCN3C)[C@H]1O5. The minimum absolute atomic E-state index is 0.130. The average Bonchev–Trinajstić information content (AvgIpc) is 3.23. The zero-order chi connectivity index (χ0) is 30.8. The Bertz CT molecular complexity index is 1360. The van der Waals surface area contributed by atoms with Gasteiger partial charge in [-0.3, -0.25) is 9.59 Å². The molecule has 1 saturated heterocycles. The van der Waals surface area contributed by atoms with Crippen molar-refractivity contribution < 1.29 is 48.0 Å². The number of ether oxygens (including phenoxy) is 5. The maximum absolute atomic E-state index is 13.2. The van der Waals surface area contributed by atoms with Gasteiger partial charge in [-0.15, -0.1) is 0 Å². The van der Waals surface area contributed by atoms with Gasteiger partial charge in [0.25, 0.3) is 0 Å². The van der Waals surface area contributed by atoms with Gasteiger partial charge >= 0.3 is 23.9 Å². The van der Waals surface area contributed by atoms with Gasteiger partial charge < -0.3 is 33.7 Å². The Morgan fingerprint density at radius 1 is 1.17 bits per heavy atom. The summed E-state index contributed by atoms with van der Waals surface area (Å²) in [6.45, 7) is 10.1. The van der Waals surface area contributed by atoms with Gasteiger partial charge in [0.1, 0.15) is 17.1 Å². The van der Waals surface area contributed by atoms with Crippen LogP contribution in [0.15, 0.2) is 24.0 Å². The first kappa shape index (κ1) is 30.0. The molecule has 1 fully saturated rings. The fourth-order valence-corrected chi connectivity index (χ4v) is 6.99. The van der Waals surface area contributed by atoms with E-state index in [-0.39, 0.29) is 18.2 Å². The van der Waals surface area contributed by atoms with E-state index in [0.29, 0.717) is 18.6 Å². The smallest absolute Gasteiger partial charge is 0.352 e. The van der Waals surface area contributed by atoms with Gasteiger partial charge in [0.2, 0.25) is 6.10 Å². The van der Waals surface area contributed by atoms with Crippen molar-refractivity contribution in [1.82, 2.24) is 4.90 Å². The second-order valence-corrected chi connectivity index (χ2v) is 12.8. The molecule has 228 valence electrons. The van der Waals surface area contributed by atoms with Gasteiger partial charge in [0.15, 0.2) is 12.2 Å². The van der Waals surface area contributed by atoms with Crippen LogP contribution in [0.1, 0.15) is 70.6 Å². The van der Waals surface area contributed by atoms with Crippen LogP contribution in [-0.4, -0.2) is 83.0 Å². The van der Waals surface area contributed by atoms with Crippen molar-refractivity contribution in [3.63, 3.8) is 0 Å². The molecule has 1 aromatic carbocycles.